The molecule has 0 aliphatic carbocycles. The molecule has 0 unspecified atom stereocenters. The van der Waals surface area contributed by atoms with Crippen LogP contribution in [-0.2, 0) is 0 Å². The maximum Gasteiger partial charge on any atom is 0.339 e. The molecular weight excluding hydrogens is 228 g/mol. The molecule has 0 spiro atoms. The van der Waals surface area contributed by atoms with E-state index in [1.54, 1.807) is 0 Å². The van der Waals surface area contributed by atoms with Crippen molar-refractivity contribution in [1.82, 2.24) is 9.97 Å². The van der Waals surface area contributed by atoms with Gasteiger partial charge in [-0.25, -0.2) is 9.78 Å². The standard InChI is InChI=1S/C14H10N2O2/c17-14(18)10-8-15-12-7-6-11(16-13(10)12)9-4-2-1-3-5-9/h1-8,15H,(H,17,18). The number of aromatic amines is 1. The van der Waals surface area contributed by atoms with Crippen LogP contribution in [-0.4, -0.2) is 21.0 Å². The van der Waals surface area contributed by atoms with Gasteiger partial charge in [0.15, 0.2) is 0 Å². The highest BCUT2D eigenvalue weighted by Gasteiger charge is 2.12. The minimum Gasteiger partial charge on any atom is -0.478 e. The van der Waals surface area contributed by atoms with E-state index in [0.29, 0.717) is 5.52 Å². The van der Waals surface area contributed by atoms with Gasteiger partial charge in [-0.2, -0.15) is 0 Å². The number of carbonyl (C=O) groups is 1. The van der Waals surface area contributed by atoms with Crippen molar-refractivity contribution < 1.29 is 9.90 Å². The minimum atomic E-state index is -0.973. The zero-order chi connectivity index (χ0) is 12.5. The molecule has 0 aliphatic rings. The molecule has 2 heterocycles. The summed E-state index contributed by atoms with van der Waals surface area (Å²) in [6, 6.07) is 13.4. The van der Waals surface area contributed by atoms with Gasteiger partial charge in [0.2, 0.25) is 0 Å². The Morgan fingerprint density at radius 1 is 1.11 bits per heavy atom. The first kappa shape index (κ1) is 10.5. The fourth-order valence-corrected chi connectivity index (χ4v) is 1.93. The van der Waals surface area contributed by atoms with E-state index in [2.05, 4.69) is 9.97 Å². The number of pyridine rings is 1. The van der Waals surface area contributed by atoms with Crippen molar-refractivity contribution in [2.75, 3.05) is 0 Å². The Bertz CT molecular complexity index is 717. The van der Waals surface area contributed by atoms with Crippen molar-refractivity contribution >= 4 is 17.0 Å². The molecule has 4 heteroatoms. The summed E-state index contributed by atoms with van der Waals surface area (Å²) in [5.41, 5.74) is 3.15. The lowest BCUT2D eigenvalue weighted by Gasteiger charge is -2.01. The van der Waals surface area contributed by atoms with Gasteiger partial charge in [0.25, 0.3) is 0 Å². The van der Waals surface area contributed by atoms with E-state index in [1.165, 1.54) is 6.20 Å². The third kappa shape index (κ3) is 1.64. The molecule has 88 valence electrons. The van der Waals surface area contributed by atoms with Crippen LogP contribution in [0, 0.1) is 0 Å². The Labute approximate surface area is 103 Å². The van der Waals surface area contributed by atoms with Crippen LogP contribution in [0.2, 0.25) is 0 Å². The van der Waals surface area contributed by atoms with Gasteiger partial charge in [-0.1, -0.05) is 30.3 Å². The summed E-state index contributed by atoms with van der Waals surface area (Å²) >= 11 is 0. The summed E-state index contributed by atoms with van der Waals surface area (Å²) in [5, 5.41) is 9.07. The Hall–Kier alpha value is -2.62. The number of carboxylic acids is 1. The van der Waals surface area contributed by atoms with Gasteiger partial charge in [0, 0.05) is 11.8 Å². The highest BCUT2D eigenvalue weighted by molar-refractivity contribution is 6.01. The Balaban J connectivity index is 2.21. The number of aromatic carboxylic acids is 1. The predicted octanol–water partition coefficient (Wildman–Crippen LogP) is 2.93. The van der Waals surface area contributed by atoms with Crippen molar-refractivity contribution in [2.45, 2.75) is 0 Å². The van der Waals surface area contributed by atoms with Crippen LogP contribution in [0.25, 0.3) is 22.3 Å². The second-order valence-corrected chi connectivity index (χ2v) is 3.97. The Morgan fingerprint density at radius 2 is 1.89 bits per heavy atom. The summed E-state index contributed by atoms with van der Waals surface area (Å²) in [6.45, 7) is 0. The molecular formula is C14H10N2O2. The van der Waals surface area contributed by atoms with Gasteiger partial charge in [-0.05, 0) is 12.1 Å². The number of fused-ring (bicyclic) bond motifs is 1. The van der Waals surface area contributed by atoms with Crippen LogP contribution in [0.1, 0.15) is 10.4 Å². The summed E-state index contributed by atoms with van der Waals surface area (Å²) in [7, 11) is 0. The molecule has 1 aromatic carbocycles. The molecule has 3 aromatic rings. The van der Waals surface area contributed by atoms with Gasteiger partial charge >= 0.3 is 5.97 Å². The van der Waals surface area contributed by atoms with Crippen LogP contribution in [0.4, 0.5) is 0 Å². The molecule has 0 bridgehead atoms. The fraction of sp³-hybridized carbons (Fsp3) is 0. The van der Waals surface area contributed by atoms with E-state index in [-0.39, 0.29) is 5.56 Å². The summed E-state index contributed by atoms with van der Waals surface area (Å²) in [6.07, 6.45) is 1.47. The number of hydrogen-bond donors (Lipinski definition) is 2. The molecule has 0 amide bonds. The van der Waals surface area contributed by atoms with Crippen LogP contribution in [0.5, 0.6) is 0 Å². The molecule has 0 atom stereocenters. The average Bonchev–Trinajstić information content (AvgIpc) is 2.82. The Morgan fingerprint density at radius 3 is 2.61 bits per heavy atom. The summed E-state index contributed by atoms with van der Waals surface area (Å²) in [4.78, 5) is 18.4. The zero-order valence-corrected chi connectivity index (χ0v) is 9.42. The first-order valence-corrected chi connectivity index (χ1v) is 5.52. The average molecular weight is 238 g/mol. The lowest BCUT2D eigenvalue weighted by atomic mass is 10.1. The molecule has 0 saturated heterocycles. The minimum absolute atomic E-state index is 0.197. The van der Waals surface area contributed by atoms with Crippen LogP contribution in [0.15, 0.2) is 48.7 Å². The van der Waals surface area contributed by atoms with Gasteiger partial charge in [-0.15, -0.1) is 0 Å². The monoisotopic (exact) mass is 238 g/mol. The largest absolute Gasteiger partial charge is 0.478 e. The number of H-pyrrole nitrogens is 1. The van der Waals surface area contributed by atoms with E-state index in [0.717, 1.165) is 16.8 Å². The SMILES string of the molecule is O=C(O)c1c[nH]c2ccc(-c3ccccc3)nc12. The second kappa shape index (κ2) is 4.00. The van der Waals surface area contributed by atoms with Gasteiger partial charge in [0.05, 0.1) is 11.2 Å². The second-order valence-electron chi connectivity index (χ2n) is 3.97. The van der Waals surface area contributed by atoms with E-state index in [9.17, 15) is 4.79 Å². The summed E-state index contributed by atoms with van der Waals surface area (Å²) < 4.78 is 0. The lowest BCUT2D eigenvalue weighted by Crippen LogP contribution is -1.95. The van der Waals surface area contributed by atoms with E-state index < -0.39 is 5.97 Å². The van der Waals surface area contributed by atoms with Crippen LogP contribution in [0.3, 0.4) is 0 Å². The molecule has 2 N–H and O–H groups in total. The van der Waals surface area contributed by atoms with Crippen molar-refractivity contribution in [2.24, 2.45) is 0 Å². The zero-order valence-electron chi connectivity index (χ0n) is 9.42. The number of nitrogens with zero attached hydrogens (tertiary/aromatic N) is 1. The van der Waals surface area contributed by atoms with Crippen molar-refractivity contribution in [3.63, 3.8) is 0 Å². The first-order valence-electron chi connectivity index (χ1n) is 5.52. The normalized spacial score (nSPS) is 10.7. The third-order valence-corrected chi connectivity index (χ3v) is 2.82. The molecule has 0 aliphatic heterocycles. The number of hydrogen-bond acceptors (Lipinski definition) is 2. The fourth-order valence-electron chi connectivity index (χ4n) is 1.93. The first-order chi connectivity index (χ1) is 8.75. The Kier molecular flexibility index (Phi) is 2.34. The molecule has 0 radical (unpaired) electrons. The van der Waals surface area contributed by atoms with Crippen molar-refractivity contribution in [3.8, 4) is 11.3 Å². The number of rotatable bonds is 2. The molecule has 0 fully saturated rings. The number of carboxylic acid groups (broad SMARTS) is 1. The quantitative estimate of drug-likeness (QED) is 0.721. The smallest absolute Gasteiger partial charge is 0.339 e. The maximum atomic E-state index is 11.1. The van der Waals surface area contributed by atoms with Crippen LogP contribution < -0.4 is 0 Å². The topological polar surface area (TPSA) is 66.0 Å². The number of aromatic nitrogens is 2. The molecule has 3 rings (SSSR count). The van der Waals surface area contributed by atoms with E-state index >= 15 is 0 Å². The number of benzene rings is 1. The lowest BCUT2D eigenvalue weighted by molar-refractivity contribution is 0.0699. The number of nitrogens with one attached hydrogen (secondary N) is 1. The van der Waals surface area contributed by atoms with E-state index in [1.807, 2.05) is 42.5 Å². The third-order valence-electron chi connectivity index (χ3n) is 2.82. The molecule has 18 heavy (non-hydrogen) atoms. The van der Waals surface area contributed by atoms with Crippen molar-refractivity contribution in [3.05, 3.63) is 54.2 Å². The van der Waals surface area contributed by atoms with Crippen LogP contribution >= 0.6 is 0 Å². The molecule has 0 saturated carbocycles. The van der Waals surface area contributed by atoms with Gasteiger partial charge in [-0.3, -0.25) is 0 Å². The van der Waals surface area contributed by atoms with Gasteiger partial charge < -0.3 is 10.1 Å². The summed E-state index contributed by atoms with van der Waals surface area (Å²) in [5.74, 6) is -0.973. The maximum absolute atomic E-state index is 11.1. The van der Waals surface area contributed by atoms with Gasteiger partial charge in [0.1, 0.15) is 11.1 Å². The molecule has 4 nitrogen and oxygen atoms in total. The molecule has 2 aromatic heterocycles. The van der Waals surface area contributed by atoms with E-state index in [4.69, 9.17) is 5.11 Å². The highest BCUT2D eigenvalue weighted by atomic mass is 16.4. The van der Waals surface area contributed by atoms with Crippen molar-refractivity contribution in [1.29, 1.82) is 0 Å². The highest BCUT2D eigenvalue weighted by Crippen LogP contribution is 2.22. The predicted molar refractivity (Wildman–Crippen MR) is 68.5 cm³/mol.